The van der Waals surface area contributed by atoms with Gasteiger partial charge in [0.25, 0.3) is 11.6 Å². The number of ether oxygens (including phenoxy) is 1. The molecular formula is C24H29N5O4. The zero-order valence-corrected chi connectivity index (χ0v) is 18.8. The number of anilines is 1. The van der Waals surface area contributed by atoms with Crippen molar-refractivity contribution in [1.82, 2.24) is 14.5 Å². The fourth-order valence-corrected chi connectivity index (χ4v) is 4.18. The number of nitro benzene ring substituents is 1. The molecule has 2 aromatic carbocycles. The molecule has 9 heteroatoms. The van der Waals surface area contributed by atoms with Gasteiger partial charge in [-0.2, -0.15) is 0 Å². The number of imidazole rings is 1. The number of aromatic nitrogens is 2. The van der Waals surface area contributed by atoms with Crippen molar-refractivity contribution in [2.24, 2.45) is 0 Å². The van der Waals surface area contributed by atoms with E-state index < -0.39 is 4.92 Å². The maximum absolute atomic E-state index is 12.4. The van der Waals surface area contributed by atoms with Crippen LogP contribution in [0.1, 0.15) is 38.4 Å². The predicted molar refractivity (Wildman–Crippen MR) is 126 cm³/mol. The van der Waals surface area contributed by atoms with Crippen LogP contribution in [0.5, 0.6) is 5.75 Å². The lowest BCUT2D eigenvalue weighted by Gasteiger charge is -2.26. The Hall–Kier alpha value is -3.46. The molecule has 0 spiro atoms. The summed E-state index contributed by atoms with van der Waals surface area (Å²) >= 11 is 0. The molecular weight excluding hydrogens is 422 g/mol. The molecule has 1 aromatic heterocycles. The smallest absolute Gasteiger partial charge is 0.269 e. The molecule has 0 radical (unpaired) electrons. The van der Waals surface area contributed by atoms with Gasteiger partial charge >= 0.3 is 0 Å². The van der Waals surface area contributed by atoms with Crippen molar-refractivity contribution in [3.63, 3.8) is 0 Å². The Morgan fingerprint density at radius 3 is 2.61 bits per heavy atom. The van der Waals surface area contributed by atoms with Crippen LogP contribution in [0.4, 0.5) is 11.4 Å². The van der Waals surface area contributed by atoms with Gasteiger partial charge in [-0.3, -0.25) is 19.8 Å². The van der Waals surface area contributed by atoms with Crippen molar-refractivity contribution in [3.05, 3.63) is 58.4 Å². The number of nitro groups is 1. The number of amides is 1. The van der Waals surface area contributed by atoms with Crippen LogP contribution in [0.2, 0.25) is 0 Å². The number of rotatable bonds is 9. The summed E-state index contributed by atoms with van der Waals surface area (Å²) in [5.74, 6) is 1.15. The third kappa shape index (κ3) is 5.67. The molecule has 0 atom stereocenters. The summed E-state index contributed by atoms with van der Waals surface area (Å²) in [7, 11) is 0. The van der Waals surface area contributed by atoms with E-state index in [-0.39, 0.29) is 18.2 Å². The molecule has 1 aliphatic heterocycles. The van der Waals surface area contributed by atoms with Crippen LogP contribution in [0, 0.1) is 10.1 Å². The quantitative estimate of drug-likeness (QED) is 0.383. The topological polar surface area (TPSA) is 103 Å². The van der Waals surface area contributed by atoms with E-state index in [1.54, 1.807) is 0 Å². The van der Waals surface area contributed by atoms with Gasteiger partial charge in [-0.25, -0.2) is 4.98 Å². The van der Waals surface area contributed by atoms with Gasteiger partial charge in [0.15, 0.2) is 6.61 Å². The summed E-state index contributed by atoms with van der Waals surface area (Å²) < 4.78 is 7.73. The van der Waals surface area contributed by atoms with E-state index in [0.717, 1.165) is 49.5 Å². The van der Waals surface area contributed by atoms with Crippen LogP contribution in [-0.2, 0) is 17.9 Å². The number of aryl methyl sites for hydroxylation is 1. The highest BCUT2D eigenvalue weighted by Gasteiger charge is 2.17. The summed E-state index contributed by atoms with van der Waals surface area (Å²) in [5, 5.41) is 13.6. The third-order valence-corrected chi connectivity index (χ3v) is 5.79. The highest BCUT2D eigenvalue weighted by atomic mass is 16.6. The van der Waals surface area contributed by atoms with Gasteiger partial charge in [-0.15, -0.1) is 0 Å². The second-order valence-electron chi connectivity index (χ2n) is 8.31. The number of hydrogen-bond donors (Lipinski definition) is 1. The average molecular weight is 452 g/mol. The van der Waals surface area contributed by atoms with E-state index in [2.05, 4.69) is 21.7 Å². The number of carbonyl (C=O) groups excluding carboxylic acids is 1. The lowest BCUT2D eigenvalue weighted by molar-refractivity contribution is -0.384. The molecule has 0 unspecified atom stereocenters. The predicted octanol–water partition coefficient (Wildman–Crippen LogP) is 4.36. The maximum atomic E-state index is 12.4. The number of nitrogens with zero attached hydrogens (tertiary/aromatic N) is 4. The van der Waals surface area contributed by atoms with E-state index in [0.29, 0.717) is 11.4 Å². The number of fused-ring (bicyclic) bond motifs is 1. The number of nitrogens with one attached hydrogen (secondary N) is 1. The summed E-state index contributed by atoms with van der Waals surface area (Å²) in [6.45, 7) is 5.96. The number of benzene rings is 2. The van der Waals surface area contributed by atoms with Gasteiger partial charge < -0.3 is 14.6 Å². The van der Waals surface area contributed by atoms with Gasteiger partial charge in [-0.1, -0.05) is 13.3 Å². The molecule has 1 N–H and O–H groups in total. The number of non-ortho nitro benzene ring substituents is 1. The highest BCUT2D eigenvalue weighted by Crippen LogP contribution is 2.23. The molecule has 0 aliphatic carbocycles. The second-order valence-corrected chi connectivity index (χ2v) is 8.31. The van der Waals surface area contributed by atoms with Gasteiger partial charge in [0.1, 0.15) is 11.6 Å². The number of piperidine rings is 1. The molecule has 3 aromatic rings. The zero-order chi connectivity index (χ0) is 23.2. The molecule has 0 saturated carbocycles. The minimum atomic E-state index is -0.480. The summed E-state index contributed by atoms with van der Waals surface area (Å²) in [4.78, 5) is 30.0. The molecule has 1 fully saturated rings. The Kier molecular flexibility index (Phi) is 7.19. The monoisotopic (exact) mass is 451 g/mol. The molecule has 4 rings (SSSR count). The Morgan fingerprint density at radius 1 is 1.15 bits per heavy atom. The van der Waals surface area contributed by atoms with Gasteiger partial charge in [0.05, 0.1) is 22.5 Å². The van der Waals surface area contributed by atoms with Crippen molar-refractivity contribution in [1.29, 1.82) is 0 Å². The first-order valence-electron chi connectivity index (χ1n) is 11.4. The SMILES string of the molecule is CCCn1c(CN2CCCCC2)nc2cc(NC(=O)COc3ccc([N+](=O)[O-])cc3)ccc21. The van der Waals surface area contributed by atoms with E-state index in [1.165, 1.54) is 43.5 Å². The molecule has 9 nitrogen and oxygen atoms in total. The van der Waals surface area contributed by atoms with Crippen LogP contribution in [0.25, 0.3) is 11.0 Å². The largest absolute Gasteiger partial charge is 0.484 e. The molecule has 1 aliphatic rings. The van der Waals surface area contributed by atoms with Crippen molar-refractivity contribution >= 4 is 28.3 Å². The minimum Gasteiger partial charge on any atom is -0.484 e. The first kappa shape index (κ1) is 22.7. The lowest BCUT2D eigenvalue weighted by Crippen LogP contribution is -2.30. The molecule has 174 valence electrons. The van der Waals surface area contributed by atoms with Crippen molar-refractivity contribution in [3.8, 4) is 5.75 Å². The van der Waals surface area contributed by atoms with Gasteiger partial charge in [0, 0.05) is 24.4 Å². The van der Waals surface area contributed by atoms with E-state index >= 15 is 0 Å². The minimum absolute atomic E-state index is 0.0257. The Morgan fingerprint density at radius 2 is 1.91 bits per heavy atom. The Bertz CT molecular complexity index is 1120. The van der Waals surface area contributed by atoms with Crippen molar-refractivity contribution in [2.45, 2.75) is 45.7 Å². The molecule has 1 amide bonds. The van der Waals surface area contributed by atoms with E-state index in [9.17, 15) is 14.9 Å². The van der Waals surface area contributed by atoms with Crippen molar-refractivity contribution < 1.29 is 14.5 Å². The van der Waals surface area contributed by atoms with E-state index in [1.807, 2.05) is 18.2 Å². The summed E-state index contributed by atoms with van der Waals surface area (Å²) in [6.07, 6.45) is 4.81. The van der Waals surface area contributed by atoms with Crippen LogP contribution >= 0.6 is 0 Å². The maximum Gasteiger partial charge on any atom is 0.269 e. The van der Waals surface area contributed by atoms with Crippen LogP contribution < -0.4 is 10.1 Å². The second kappa shape index (κ2) is 10.4. The number of hydrogen-bond acceptors (Lipinski definition) is 6. The summed E-state index contributed by atoms with van der Waals surface area (Å²) in [6, 6.07) is 11.4. The lowest BCUT2D eigenvalue weighted by atomic mass is 10.1. The van der Waals surface area contributed by atoms with Crippen LogP contribution in [-0.4, -0.2) is 45.0 Å². The fourth-order valence-electron chi connectivity index (χ4n) is 4.18. The van der Waals surface area contributed by atoms with Crippen LogP contribution in [0.3, 0.4) is 0 Å². The van der Waals surface area contributed by atoms with Gasteiger partial charge in [-0.05, 0) is 62.7 Å². The van der Waals surface area contributed by atoms with Crippen molar-refractivity contribution in [2.75, 3.05) is 25.0 Å². The Labute approximate surface area is 192 Å². The first-order chi connectivity index (χ1) is 16.0. The normalized spacial score (nSPS) is 14.3. The molecule has 1 saturated heterocycles. The zero-order valence-electron chi connectivity index (χ0n) is 18.8. The van der Waals surface area contributed by atoms with E-state index in [4.69, 9.17) is 9.72 Å². The fraction of sp³-hybridized carbons (Fsp3) is 0.417. The summed E-state index contributed by atoms with van der Waals surface area (Å²) in [5.41, 5.74) is 2.57. The Balaban J connectivity index is 1.42. The highest BCUT2D eigenvalue weighted by molar-refractivity contribution is 5.94. The first-order valence-corrected chi connectivity index (χ1v) is 11.4. The standard InChI is InChI=1S/C24H29N5O4/c1-2-12-28-22-11-6-18(15-21(22)26-23(28)16-27-13-4-3-5-14-27)25-24(30)17-33-20-9-7-19(8-10-20)29(31)32/h6-11,15H,2-5,12-14,16-17H2,1H3,(H,25,30). The number of likely N-dealkylation sites (tertiary alicyclic amines) is 1. The number of carbonyl (C=O) groups is 1. The molecule has 0 bridgehead atoms. The van der Waals surface area contributed by atoms with Gasteiger partial charge in [0.2, 0.25) is 0 Å². The molecule has 2 heterocycles. The average Bonchev–Trinajstić information content (AvgIpc) is 3.15. The van der Waals surface area contributed by atoms with Crippen LogP contribution in [0.15, 0.2) is 42.5 Å². The molecule has 33 heavy (non-hydrogen) atoms. The third-order valence-electron chi connectivity index (χ3n) is 5.79.